The Bertz CT molecular complexity index is 600. The van der Waals surface area contributed by atoms with E-state index in [2.05, 4.69) is 25.8 Å². The van der Waals surface area contributed by atoms with Crippen LogP contribution in [0.5, 0.6) is 5.88 Å². The summed E-state index contributed by atoms with van der Waals surface area (Å²) >= 11 is 0. The predicted molar refractivity (Wildman–Crippen MR) is 70.7 cm³/mol. The van der Waals surface area contributed by atoms with E-state index in [4.69, 9.17) is 10.5 Å². The lowest BCUT2D eigenvalue weighted by atomic mass is 9.90. The molecule has 0 fully saturated rings. The fourth-order valence-electron chi connectivity index (χ4n) is 1.72. The quantitative estimate of drug-likeness (QED) is 0.838. The van der Waals surface area contributed by atoms with Crippen molar-refractivity contribution in [1.82, 2.24) is 4.98 Å². The second kappa shape index (κ2) is 4.29. The average Bonchev–Trinajstić information content (AvgIpc) is 2.27. The zero-order valence-corrected chi connectivity index (χ0v) is 10.7. The van der Waals surface area contributed by atoms with E-state index in [-0.39, 0.29) is 11.3 Å². The van der Waals surface area contributed by atoms with Crippen molar-refractivity contribution in [2.75, 3.05) is 0 Å². The van der Waals surface area contributed by atoms with Gasteiger partial charge in [0.05, 0.1) is 5.69 Å². The zero-order chi connectivity index (χ0) is 13.3. The van der Waals surface area contributed by atoms with Gasteiger partial charge in [0.15, 0.2) is 0 Å². The Morgan fingerprint density at radius 1 is 1.28 bits per heavy atom. The van der Waals surface area contributed by atoms with Gasteiger partial charge in [-0.2, -0.15) is 0 Å². The van der Waals surface area contributed by atoms with Crippen LogP contribution in [-0.4, -0.2) is 11.1 Å². The number of nitrogens with zero attached hydrogens (tertiary/aromatic N) is 1. The van der Waals surface area contributed by atoms with Crippen molar-refractivity contribution in [1.29, 1.82) is 0 Å². The number of aromatic nitrogens is 1. The first-order valence-corrected chi connectivity index (χ1v) is 5.75. The van der Waals surface area contributed by atoms with E-state index in [9.17, 15) is 4.79 Å². The van der Waals surface area contributed by atoms with Crippen LogP contribution >= 0.6 is 0 Å². The highest BCUT2D eigenvalue weighted by molar-refractivity contribution is 5.89. The van der Waals surface area contributed by atoms with Gasteiger partial charge in [-0.1, -0.05) is 39.0 Å². The van der Waals surface area contributed by atoms with Crippen LogP contribution in [0.15, 0.2) is 30.3 Å². The first-order valence-electron chi connectivity index (χ1n) is 5.75. The van der Waals surface area contributed by atoms with Gasteiger partial charge in [0.25, 0.3) is 0 Å². The third kappa shape index (κ3) is 2.42. The largest absolute Gasteiger partial charge is 0.411 e. The number of amides is 1. The molecular formula is C14H16N2O2. The van der Waals surface area contributed by atoms with Crippen LogP contribution in [0.2, 0.25) is 0 Å². The number of nitrogens with two attached hydrogens (primary N) is 1. The Morgan fingerprint density at radius 3 is 2.56 bits per heavy atom. The molecule has 18 heavy (non-hydrogen) atoms. The summed E-state index contributed by atoms with van der Waals surface area (Å²) in [5.74, 6) is 0.269. The Balaban J connectivity index is 2.68. The first kappa shape index (κ1) is 12.4. The molecule has 1 heterocycles. The number of ether oxygens (including phenoxy) is 1. The molecule has 0 atom stereocenters. The Morgan fingerprint density at radius 2 is 1.94 bits per heavy atom. The van der Waals surface area contributed by atoms with Crippen LogP contribution in [0.25, 0.3) is 10.8 Å². The number of primary amides is 1. The van der Waals surface area contributed by atoms with Crippen LogP contribution in [0.1, 0.15) is 26.5 Å². The molecular weight excluding hydrogens is 228 g/mol. The zero-order valence-electron chi connectivity index (χ0n) is 10.7. The van der Waals surface area contributed by atoms with E-state index in [1.54, 1.807) is 0 Å². The molecule has 2 N–H and O–H groups in total. The molecule has 0 saturated carbocycles. The highest BCUT2D eigenvalue weighted by Gasteiger charge is 2.19. The van der Waals surface area contributed by atoms with E-state index < -0.39 is 6.09 Å². The van der Waals surface area contributed by atoms with Gasteiger partial charge in [0.1, 0.15) is 0 Å². The number of benzene rings is 1. The molecule has 0 bridgehead atoms. The van der Waals surface area contributed by atoms with Crippen molar-refractivity contribution >= 4 is 16.9 Å². The highest BCUT2D eigenvalue weighted by Crippen LogP contribution is 2.29. The summed E-state index contributed by atoms with van der Waals surface area (Å²) in [6, 6.07) is 9.62. The molecule has 0 spiro atoms. The summed E-state index contributed by atoms with van der Waals surface area (Å²) in [6.07, 6.45) is -0.848. The number of hydrogen-bond donors (Lipinski definition) is 1. The van der Waals surface area contributed by atoms with Gasteiger partial charge in [-0.05, 0) is 17.5 Å². The van der Waals surface area contributed by atoms with Crippen molar-refractivity contribution in [2.24, 2.45) is 5.73 Å². The first-order chi connectivity index (χ1) is 8.38. The molecule has 4 nitrogen and oxygen atoms in total. The van der Waals surface area contributed by atoms with Gasteiger partial charge < -0.3 is 10.5 Å². The monoisotopic (exact) mass is 244 g/mol. The lowest BCUT2D eigenvalue weighted by Crippen LogP contribution is -2.19. The van der Waals surface area contributed by atoms with Gasteiger partial charge in [-0.25, -0.2) is 9.78 Å². The van der Waals surface area contributed by atoms with Gasteiger partial charge in [0, 0.05) is 10.8 Å². The van der Waals surface area contributed by atoms with Gasteiger partial charge >= 0.3 is 6.09 Å². The minimum atomic E-state index is -0.848. The van der Waals surface area contributed by atoms with E-state index in [1.165, 1.54) is 0 Å². The summed E-state index contributed by atoms with van der Waals surface area (Å²) in [7, 11) is 0. The average molecular weight is 244 g/mol. The van der Waals surface area contributed by atoms with Crippen molar-refractivity contribution in [3.63, 3.8) is 0 Å². The minimum absolute atomic E-state index is 0.125. The molecule has 1 aromatic carbocycles. The topological polar surface area (TPSA) is 65.2 Å². The van der Waals surface area contributed by atoms with Gasteiger partial charge in [-0.3, -0.25) is 0 Å². The Labute approximate surface area is 106 Å². The molecule has 0 aliphatic rings. The summed E-state index contributed by atoms with van der Waals surface area (Å²) in [4.78, 5) is 15.3. The van der Waals surface area contributed by atoms with Crippen LogP contribution < -0.4 is 10.5 Å². The van der Waals surface area contributed by atoms with E-state index in [1.807, 2.05) is 30.3 Å². The molecule has 1 amide bonds. The van der Waals surface area contributed by atoms with Crippen molar-refractivity contribution in [3.8, 4) is 5.88 Å². The maximum atomic E-state index is 10.9. The van der Waals surface area contributed by atoms with E-state index >= 15 is 0 Å². The number of carbonyl (C=O) groups excluding carboxylic acids is 1. The highest BCUT2D eigenvalue weighted by atomic mass is 16.6. The summed E-state index contributed by atoms with van der Waals surface area (Å²) in [5.41, 5.74) is 5.81. The number of rotatable bonds is 1. The smallest absolute Gasteiger partial charge is 0.391 e. The number of pyridine rings is 1. The standard InChI is InChI=1S/C14H16N2O2/c1-14(2,3)11-8-9-6-4-5-7-10(9)12(16-11)18-13(15)17/h4-8H,1-3H3,(H2,15,17). The van der Waals surface area contributed by atoms with Crippen molar-refractivity contribution in [3.05, 3.63) is 36.0 Å². The van der Waals surface area contributed by atoms with Crippen LogP contribution in [0.4, 0.5) is 4.79 Å². The molecule has 1 aromatic heterocycles. The molecule has 0 radical (unpaired) electrons. The molecule has 0 unspecified atom stereocenters. The molecule has 0 aliphatic carbocycles. The molecule has 2 rings (SSSR count). The number of fused-ring (bicyclic) bond motifs is 1. The SMILES string of the molecule is CC(C)(C)c1cc2ccccc2c(OC(N)=O)n1. The van der Waals surface area contributed by atoms with Crippen LogP contribution in [-0.2, 0) is 5.41 Å². The maximum absolute atomic E-state index is 10.9. The van der Waals surface area contributed by atoms with E-state index in [0.29, 0.717) is 0 Å². The normalized spacial score (nSPS) is 11.5. The molecule has 94 valence electrons. The van der Waals surface area contributed by atoms with Gasteiger partial charge in [0.2, 0.25) is 5.88 Å². The number of hydrogen-bond acceptors (Lipinski definition) is 3. The van der Waals surface area contributed by atoms with Crippen molar-refractivity contribution in [2.45, 2.75) is 26.2 Å². The molecule has 0 aliphatic heterocycles. The van der Waals surface area contributed by atoms with E-state index in [0.717, 1.165) is 16.5 Å². The van der Waals surface area contributed by atoms with Gasteiger partial charge in [-0.15, -0.1) is 0 Å². The Hall–Kier alpha value is -2.10. The molecule has 0 saturated heterocycles. The lowest BCUT2D eigenvalue weighted by molar-refractivity contribution is 0.209. The number of carbonyl (C=O) groups is 1. The Kier molecular flexibility index (Phi) is 2.95. The van der Waals surface area contributed by atoms with Crippen molar-refractivity contribution < 1.29 is 9.53 Å². The second-order valence-electron chi connectivity index (χ2n) is 5.20. The van der Waals surface area contributed by atoms with Crippen LogP contribution in [0, 0.1) is 0 Å². The molecule has 2 aromatic rings. The lowest BCUT2D eigenvalue weighted by Gasteiger charge is -2.19. The fraction of sp³-hybridized carbons (Fsp3) is 0.286. The third-order valence-electron chi connectivity index (χ3n) is 2.67. The fourth-order valence-corrected chi connectivity index (χ4v) is 1.72. The predicted octanol–water partition coefficient (Wildman–Crippen LogP) is 2.99. The maximum Gasteiger partial charge on any atom is 0.411 e. The minimum Gasteiger partial charge on any atom is -0.391 e. The van der Waals surface area contributed by atoms with Crippen LogP contribution in [0.3, 0.4) is 0 Å². The summed E-state index contributed by atoms with van der Waals surface area (Å²) in [6.45, 7) is 6.16. The third-order valence-corrected chi connectivity index (χ3v) is 2.67. The second-order valence-corrected chi connectivity index (χ2v) is 5.20. The summed E-state index contributed by atoms with van der Waals surface area (Å²) in [5, 5.41) is 1.76. The molecule has 4 heteroatoms. The summed E-state index contributed by atoms with van der Waals surface area (Å²) < 4.78 is 4.99.